The molecule has 1 heterocycles. The van der Waals surface area contributed by atoms with Gasteiger partial charge in [0.15, 0.2) is 0 Å². The number of nitrogens with two attached hydrogens (primary N) is 1. The van der Waals surface area contributed by atoms with Crippen molar-refractivity contribution in [2.75, 3.05) is 13.1 Å². The van der Waals surface area contributed by atoms with Crippen LogP contribution in [0.5, 0.6) is 0 Å². The van der Waals surface area contributed by atoms with E-state index in [2.05, 4.69) is 36.3 Å². The van der Waals surface area contributed by atoms with E-state index in [1.54, 1.807) is 18.3 Å². The number of nitrogens with one attached hydrogen (secondary N) is 1. The van der Waals surface area contributed by atoms with Gasteiger partial charge in [0.25, 0.3) is 0 Å². The van der Waals surface area contributed by atoms with Crippen molar-refractivity contribution < 1.29 is 4.79 Å². The van der Waals surface area contributed by atoms with Crippen molar-refractivity contribution in [2.45, 2.75) is 6.04 Å². The van der Waals surface area contributed by atoms with Crippen LogP contribution in [-0.2, 0) is 4.79 Å². The number of primary amides is 1. The van der Waals surface area contributed by atoms with Gasteiger partial charge in [-0.1, -0.05) is 5.11 Å². The molecule has 1 rings (SSSR count). The number of nitrogens with zero attached hydrogens (tertiary/aromatic N) is 4. The van der Waals surface area contributed by atoms with E-state index in [1.807, 2.05) is 0 Å². The lowest BCUT2D eigenvalue weighted by Crippen LogP contribution is -2.35. The van der Waals surface area contributed by atoms with Crippen LogP contribution < -0.4 is 11.1 Å². The molecule has 0 saturated carbocycles. The van der Waals surface area contributed by atoms with Crippen LogP contribution in [0.15, 0.2) is 27.9 Å². The monoisotopic (exact) mass is 298 g/mol. The smallest absolute Gasteiger partial charge is 0.240 e. The zero-order chi connectivity index (χ0) is 12.7. The number of halogens is 1. The van der Waals surface area contributed by atoms with Gasteiger partial charge in [-0.25, -0.2) is 0 Å². The molecule has 90 valence electrons. The maximum atomic E-state index is 11.3. The van der Waals surface area contributed by atoms with Gasteiger partial charge >= 0.3 is 0 Å². The molecule has 0 spiro atoms. The second-order valence-electron chi connectivity index (χ2n) is 3.15. The maximum Gasteiger partial charge on any atom is 0.240 e. The van der Waals surface area contributed by atoms with E-state index in [0.717, 1.165) is 4.47 Å². The highest BCUT2D eigenvalue weighted by Crippen LogP contribution is 2.13. The molecular weight excluding hydrogens is 288 g/mol. The number of pyridine rings is 1. The summed E-state index contributed by atoms with van der Waals surface area (Å²) in [6.45, 7) is 0.603. The highest BCUT2D eigenvalue weighted by molar-refractivity contribution is 9.10. The highest BCUT2D eigenvalue weighted by Gasteiger charge is 2.17. The number of amides is 1. The van der Waals surface area contributed by atoms with Crippen molar-refractivity contribution in [3.05, 3.63) is 38.9 Å². The fraction of sp³-hybridized carbons (Fsp3) is 0.333. The van der Waals surface area contributed by atoms with Crippen LogP contribution in [0.4, 0.5) is 0 Å². The molecule has 3 N–H and O–H groups in total. The van der Waals surface area contributed by atoms with Gasteiger partial charge < -0.3 is 11.1 Å². The molecule has 0 aromatic carbocycles. The normalized spacial score (nSPS) is 11.6. The zero-order valence-corrected chi connectivity index (χ0v) is 10.5. The Kier molecular flexibility index (Phi) is 5.41. The van der Waals surface area contributed by atoms with Gasteiger partial charge in [-0.15, -0.1) is 0 Å². The van der Waals surface area contributed by atoms with Crippen LogP contribution in [0.1, 0.15) is 11.7 Å². The largest absolute Gasteiger partial charge is 0.368 e. The molecule has 0 aliphatic heterocycles. The summed E-state index contributed by atoms with van der Waals surface area (Å²) in [6, 6.07) is 2.78. The zero-order valence-electron chi connectivity index (χ0n) is 8.88. The summed E-state index contributed by atoms with van der Waals surface area (Å²) < 4.78 is 0.818. The molecule has 1 unspecified atom stereocenters. The van der Waals surface area contributed by atoms with Crippen LogP contribution in [0.3, 0.4) is 0 Å². The first-order chi connectivity index (χ1) is 8.15. The maximum absolute atomic E-state index is 11.3. The topological polar surface area (TPSA) is 117 Å². The first-order valence-corrected chi connectivity index (χ1v) is 5.59. The average Bonchev–Trinajstić information content (AvgIpc) is 2.30. The van der Waals surface area contributed by atoms with Gasteiger partial charge in [-0.05, 0) is 33.6 Å². The Hall–Kier alpha value is -1.63. The summed E-state index contributed by atoms with van der Waals surface area (Å²) in [5.41, 5.74) is 13.9. The van der Waals surface area contributed by atoms with Crippen molar-refractivity contribution in [3.63, 3.8) is 0 Å². The molecule has 0 saturated heterocycles. The molecule has 17 heavy (non-hydrogen) atoms. The molecular formula is C9H11BrN6O. The average molecular weight is 299 g/mol. The number of hydrogen-bond donors (Lipinski definition) is 2. The fourth-order valence-electron chi connectivity index (χ4n) is 1.21. The Bertz CT molecular complexity index is 428. The lowest BCUT2D eigenvalue weighted by molar-refractivity contribution is -0.120. The summed E-state index contributed by atoms with van der Waals surface area (Å²) in [6.07, 6.45) is 1.58. The summed E-state index contributed by atoms with van der Waals surface area (Å²) in [7, 11) is 0. The molecule has 1 atom stereocenters. The van der Waals surface area contributed by atoms with Gasteiger partial charge in [-0.3, -0.25) is 9.78 Å². The van der Waals surface area contributed by atoms with E-state index in [9.17, 15) is 4.79 Å². The van der Waals surface area contributed by atoms with Gasteiger partial charge in [0.05, 0.1) is 5.69 Å². The second-order valence-corrected chi connectivity index (χ2v) is 4.06. The molecule has 0 aliphatic carbocycles. The van der Waals surface area contributed by atoms with Gasteiger partial charge in [0, 0.05) is 28.7 Å². The standard InChI is InChI=1S/C9H11BrN6O/c10-6-1-2-7(14-5-6)8(9(11)17)13-3-4-15-16-12/h1-2,5,8,13H,3-4H2,(H2,11,17). The van der Waals surface area contributed by atoms with E-state index in [-0.39, 0.29) is 6.54 Å². The van der Waals surface area contributed by atoms with E-state index in [1.165, 1.54) is 0 Å². The van der Waals surface area contributed by atoms with Crippen molar-refractivity contribution in [1.29, 1.82) is 0 Å². The minimum atomic E-state index is -0.683. The number of hydrogen-bond acceptors (Lipinski definition) is 4. The predicted octanol–water partition coefficient (Wildman–Crippen LogP) is 1.27. The number of rotatable bonds is 6. The Morgan fingerprint density at radius 3 is 3.00 bits per heavy atom. The number of azide groups is 1. The van der Waals surface area contributed by atoms with E-state index < -0.39 is 11.9 Å². The lowest BCUT2D eigenvalue weighted by atomic mass is 10.2. The molecule has 0 aliphatic rings. The molecule has 0 bridgehead atoms. The molecule has 0 radical (unpaired) electrons. The minimum absolute atomic E-state index is 0.247. The fourth-order valence-corrected chi connectivity index (χ4v) is 1.45. The SMILES string of the molecule is [N-]=[N+]=NCCNC(C(N)=O)c1ccc(Br)cn1. The van der Waals surface area contributed by atoms with Crippen LogP contribution in [0, 0.1) is 0 Å². The van der Waals surface area contributed by atoms with Gasteiger partial charge in [-0.2, -0.15) is 0 Å². The van der Waals surface area contributed by atoms with Gasteiger partial charge in [0.1, 0.15) is 6.04 Å². The molecule has 7 nitrogen and oxygen atoms in total. The third kappa shape index (κ3) is 4.39. The van der Waals surface area contributed by atoms with Crippen LogP contribution in [0.2, 0.25) is 0 Å². The Balaban J connectivity index is 2.68. The quantitative estimate of drug-likeness (QED) is 0.356. The van der Waals surface area contributed by atoms with Crippen LogP contribution in [-0.4, -0.2) is 24.0 Å². The number of carbonyl (C=O) groups is 1. The molecule has 1 aromatic rings. The summed E-state index contributed by atoms with van der Waals surface area (Å²) in [5, 5.41) is 6.22. The van der Waals surface area contributed by atoms with Crippen molar-refractivity contribution >= 4 is 21.8 Å². The number of carbonyl (C=O) groups excluding carboxylic acids is 1. The molecule has 1 amide bonds. The second kappa shape index (κ2) is 6.85. The Morgan fingerprint density at radius 2 is 2.47 bits per heavy atom. The summed E-state index contributed by atoms with van der Waals surface area (Å²) >= 11 is 3.25. The van der Waals surface area contributed by atoms with Crippen molar-refractivity contribution in [3.8, 4) is 0 Å². The van der Waals surface area contributed by atoms with E-state index in [4.69, 9.17) is 11.3 Å². The summed E-state index contributed by atoms with van der Waals surface area (Å²) in [4.78, 5) is 17.9. The van der Waals surface area contributed by atoms with Crippen LogP contribution >= 0.6 is 15.9 Å². The third-order valence-corrected chi connectivity index (χ3v) is 2.42. The highest BCUT2D eigenvalue weighted by atomic mass is 79.9. The Labute approximate surface area is 106 Å². The molecule has 1 aromatic heterocycles. The molecule has 0 fully saturated rings. The minimum Gasteiger partial charge on any atom is -0.368 e. The van der Waals surface area contributed by atoms with Gasteiger partial charge in [0.2, 0.25) is 5.91 Å². The summed E-state index contributed by atoms with van der Waals surface area (Å²) in [5.74, 6) is -0.527. The molecule has 8 heteroatoms. The van der Waals surface area contributed by atoms with Crippen molar-refractivity contribution in [2.24, 2.45) is 10.8 Å². The first-order valence-electron chi connectivity index (χ1n) is 4.80. The number of aromatic nitrogens is 1. The van der Waals surface area contributed by atoms with E-state index >= 15 is 0 Å². The first kappa shape index (κ1) is 13.4. The van der Waals surface area contributed by atoms with E-state index in [0.29, 0.717) is 12.2 Å². The van der Waals surface area contributed by atoms with Crippen LogP contribution in [0.25, 0.3) is 10.4 Å². The lowest BCUT2D eigenvalue weighted by Gasteiger charge is -2.13. The third-order valence-electron chi connectivity index (χ3n) is 1.95. The predicted molar refractivity (Wildman–Crippen MR) is 65.9 cm³/mol. The Morgan fingerprint density at radius 1 is 1.71 bits per heavy atom. The van der Waals surface area contributed by atoms with Crippen molar-refractivity contribution in [1.82, 2.24) is 10.3 Å².